The Morgan fingerprint density at radius 3 is 2.78 bits per heavy atom. The maximum Gasteiger partial charge on any atom is 0.317 e. The number of hydrogen-bond donors (Lipinski definition) is 1. The number of ether oxygens (including phenoxy) is 1. The van der Waals surface area contributed by atoms with E-state index in [4.69, 9.17) is 4.74 Å². The summed E-state index contributed by atoms with van der Waals surface area (Å²) in [5, 5.41) is 3.11. The van der Waals surface area contributed by atoms with Crippen molar-refractivity contribution in [3.8, 4) is 0 Å². The van der Waals surface area contributed by atoms with Gasteiger partial charge in [0, 0.05) is 25.7 Å². The Morgan fingerprint density at radius 2 is 2.17 bits per heavy atom. The van der Waals surface area contributed by atoms with Crippen molar-refractivity contribution in [3.63, 3.8) is 0 Å². The Morgan fingerprint density at radius 1 is 1.44 bits per heavy atom. The van der Waals surface area contributed by atoms with E-state index in [0.717, 1.165) is 44.9 Å². The summed E-state index contributed by atoms with van der Waals surface area (Å²) in [6, 6.07) is 0.505. The van der Waals surface area contributed by atoms with Crippen LogP contribution in [-0.4, -0.2) is 42.8 Å². The molecule has 1 unspecified atom stereocenters. The molecule has 0 spiro atoms. The summed E-state index contributed by atoms with van der Waals surface area (Å²) in [6.07, 6.45) is 3.47. The third-order valence-electron chi connectivity index (χ3n) is 3.80. The van der Waals surface area contributed by atoms with E-state index in [1.54, 1.807) is 0 Å². The second kappa shape index (κ2) is 5.91. The van der Waals surface area contributed by atoms with Crippen molar-refractivity contribution in [1.82, 2.24) is 10.2 Å². The lowest BCUT2D eigenvalue weighted by atomic mass is 9.82. The molecule has 0 radical (unpaired) electrons. The molecule has 2 amide bonds. The summed E-state index contributed by atoms with van der Waals surface area (Å²) in [4.78, 5) is 13.9. The van der Waals surface area contributed by atoms with E-state index in [2.05, 4.69) is 26.1 Å². The molecule has 0 aromatic rings. The highest BCUT2D eigenvalue weighted by Gasteiger charge is 2.31. The summed E-state index contributed by atoms with van der Waals surface area (Å²) in [7, 11) is 0. The molecule has 0 bridgehead atoms. The first-order chi connectivity index (χ1) is 8.54. The molecule has 1 aliphatic heterocycles. The van der Waals surface area contributed by atoms with E-state index in [1.165, 1.54) is 0 Å². The molecule has 104 valence electrons. The van der Waals surface area contributed by atoms with Crippen molar-refractivity contribution in [2.45, 2.75) is 52.2 Å². The quantitative estimate of drug-likeness (QED) is 0.836. The number of rotatable bonds is 4. The molecular weight excluding hydrogens is 228 g/mol. The van der Waals surface area contributed by atoms with Crippen molar-refractivity contribution in [2.75, 3.05) is 19.7 Å². The average molecular weight is 254 g/mol. The molecular formula is C14H26N2O2. The standard InChI is InChI=1S/C14H26N2O2/c1-10(2)9-18-13-4-5-16(8-13)14(17)15-12-6-11(3)7-12/h10-13H,4-9H2,1-3H3,(H,15,17). The van der Waals surface area contributed by atoms with Crippen LogP contribution >= 0.6 is 0 Å². The maximum absolute atomic E-state index is 12.0. The molecule has 2 rings (SSSR count). The lowest BCUT2D eigenvalue weighted by Gasteiger charge is -2.34. The molecule has 1 heterocycles. The Balaban J connectivity index is 1.66. The molecule has 4 heteroatoms. The Bertz CT molecular complexity index is 288. The predicted octanol–water partition coefficient (Wildman–Crippen LogP) is 2.24. The van der Waals surface area contributed by atoms with E-state index in [-0.39, 0.29) is 12.1 Å². The summed E-state index contributed by atoms with van der Waals surface area (Å²) in [6.45, 7) is 8.90. The minimum absolute atomic E-state index is 0.0996. The molecule has 1 saturated carbocycles. The second-order valence-corrected chi connectivity index (χ2v) is 6.31. The van der Waals surface area contributed by atoms with Crippen molar-refractivity contribution >= 4 is 6.03 Å². The number of carbonyl (C=O) groups excluding carboxylic acids is 1. The highest BCUT2D eigenvalue weighted by atomic mass is 16.5. The third kappa shape index (κ3) is 3.61. The Hall–Kier alpha value is -0.770. The maximum atomic E-state index is 12.0. The molecule has 1 aliphatic carbocycles. The summed E-state index contributed by atoms with van der Waals surface area (Å²) >= 11 is 0. The average Bonchev–Trinajstić information content (AvgIpc) is 2.72. The van der Waals surface area contributed by atoms with Crippen LogP contribution in [0.4, 0.5) is 4.79 Å². The first-order valence-corrected chi connectivity index (χ1v) is 7.21. The van der Waals surface area contributed by atoms with Crippen LogP contribution in [-0.2, 0) is 4.74 Å². The van der Waals surface area contributed by atoms with Gasteiger partial charge in [0.25, 0.3) is 0 Å². The van der Waals surface area contributed by atoms with Crippen LogP contribution in [0.5, 0.6) is 0 Å². The van der Waals surface area contributed by atoms with Gasteiger partial charge in [-0.1, -0.05) is 20.8 Å². The molecule has 2 fully saturated rings. The fourth-order valence-corrected chi connectivity index (χ4v) is 2.66. The molecule has 1 N–H and O–H groups in total. The van der Waals surface area contributed by atoms with Crippen LogP contribution in [0.15, 0.2) is 0 Å². The first-order valence-electron chi connectivity index (χ1n) is 7.21. The van der Waals surface area contributed by atoms with Gasteiger partial charge in [-0.05, 0) is 31.1 Å². The van der Waals surface area contributed by atoms with Gasteiger partial charge in [0.2, 0.25) is 0 Å². The smallest absolute Gasteiger partial charge is 0.317 e. The molecule has 4 nitrogen and oxygen atoms in total. The predicted molar refractivity (Wildman–Crippen MR) is 71.5 cm³/mol. The highest BCUT2D eigenvalue weighted by molar-refractivity contribution is 5.75. The molecule has 1 saturated heterocycles. The van der Waals surface area contributed by atoms with Gasteiger partial charge in [-0.3, -0.25) is 0 Å². The van der Waals surface area contributed by atoms with Crippen LogP contribution in [0.3, 0.4) is 0 Å². The van der Waals surface area contributed by atoms with E-state index >= 15 is 0 Å². The van der Waals surface area contributed by atoms with Gasteiger partial charge >= 0.3 is 6.03 Å². The SMILES string of the molecule is CC(C)COC1CCN(C(=O)NC2CC(C)C2)C1. The molecule has 2 aliphatic rings. The second-order valence-electron chi connectivity index (χ2n) is 6.31. The van der Waals surface area contributed by atoms with Gasteiger partial charge in [0.15, 0.2) is 0 Å². The Labute approximate surface area is 110 Å². The minimum atomic E-state index is 0.0996. The summed E-state index contributed by atoms with van der Waals surface area (Å²) < 4.78 is 5.79. The number of amides is 2. The van der Waals surface area contributed by atoms with E-state index in [9.17, 15) is 4.79 Å². The van der Waals surface area contributed by atoms with Gasteiger partial charge in [-0.2, -0.15) is 0 Å². The number of carbonyl (C=O) groups is 1. The van der Waals surface area contributed by atoms with Crippen LogP contribution < -0.4 is 5.32 Å². The van der Waals surface area contributed by atoms with Crippen molar-refractivity contribution in [2.24, 2.45) is 11.8 Å². The van der Waals surface area contributed by atoms with Crippen LogP contribution in [0.1, 0.15) is 40.0 Å². The zero-order chi connectivity index (χ0) is 13.1. The summed E-state index contributed by atoms with van der Waals surface area (Å²) in [5.74, 6) is 1.33. The fraction of sp³-hybridized carbons (Fsp3) is 0.929. The lowest BCUT2D eigenvalue weighted by molar-refractivity contribution is 0.0433. The summed E-state index contributed by atoms with van der Waals surface area (Å²) in [5.41, 5.74) is 0. The zero-order valence-corrected chi connectivity index (χ0v) is 11.8. The van der Waals surface area contributed by atoms with Gasteiger partial charge in [-0.15, -0.1) is 0 Å². The van der Waals surface area contributed by atoms with Gasteiger partial charge in [0.1, 0.15) is 0 Å². The minimum Gasteiger partial charge on any atom is -0.376 e. The van der Waals surface area contributed by atoms with Gasteiger partial charge in [-0.25, -0.2) is 4.79 Å². The number of hydrogen-bond acceptors (Lipinski definition) is 2. The monoisotopic (exact) mass is 254 g/mol. The van der Waals surface area contributed by atoms with Gasteiger partial charge < -0.3 is 15.0 Å². The number of urea groups is 1. The van der Waals surface area contributed by atoms with Crippen molar-refractivity contribution < 1.29 is 9.53 Å². The molecule has 0 aromatic heterocycles. The highest BCUT2D eigenvalue weighted by Crippen LogP contribution is 2.26. The fourth-order valence-electron chi connectivity index (χ4n) is 2.66. The third-order valence-corrected chi connectivity index (χ3v) is 3.80. The van der Waals surface area contributed by atoms with Crippen molar-refractivity contribution in [1.29, 1.82) is 0 Å². The number of likely N-dealkylation sites (tertiary alicyclic amines) is 1. The van der Waals surface area contributed by atoms with Gasteiger partial charge in [0.05, 0.1) is 6.10 Å². The Kier molecular flexibility index (Phi) is 4.49. The normalized spacial score (nSPS) is 31.6. The van der Waals surface area contributed by atoms with E-state index in [1.807, 2.05) is 4.90 Å². The van der Waals surface area contributed by atoms with E-state index in [0.29, 0.717) is 12.0 Å². The van der Waals surface area contributed by atoms with Crippen LogP contribution in [0, 0.1) is 11.8 Å². The number of nitrogens with zero attached hydrogens (tertiary/aromatic N) is 1. The zero-order valence-electron chi connectivity index (χ0n) is 11.8. The van der Waals surface area contributed by atoms with Crippen molar-refractivity contribution in [3.05, 3.63) is 0 Å². The van der Waals surface area contributed by atoms with Crippen LogP contribution in [0.25, 0.3) is 0 Å². The molecule has 18 heavy (non-hydrogen) atoms. The molecule has 0 aromatic carbocycles. The van der Waals surface area contributed by atoms with E-state index < -0.39 is 0 Å². The topological polar surface area (TPSA) is 41.6 Å². The molecule has 1 atom stereocenters. The number of nitrogens with one attached hydrogen (secondary N) is 1. The largest absolute Gasteiger partial charge is 0.376 e. The van der Waals surface area contributed by atoms with Crippen LogP contribution in [0.2, 0.25) is 0 Å². The lowest BCUT2D eigenvalue weighted by Crippen LogP contribution is -2.49. The first kappa shape index (κ1) is 13.7.